The zero-order valence-corrected chi connectivity index (χ0v) is 15.9. The summed E-state index contributed by atoms with van der Waals surface area (Å²) in [5, 5.41) is 4.64. The Hall–Kier alpha value is -3.35. The lowest BCUT2D eigenvalue weighted by molar-refractivity contribution is -0.123. The van der Waals surface area contributed by atoms with Gasteiger partial charge in [0.25, 0.3) is 5.91 Å². The summed E-state index contributed by atoms with van der Waals surface area (Å²) in [6.07, 6.45) is 0. The van der Waals surface area contributed by atoms with Crippen LogP contribution in [0.4, 0.5) is 4.79 Å². The van der Waals surface area contributed by atoms with Gasteiger partial charge in [-0.2, -0.15) is 0 Å². The van der Waals surface area contributed by atoms with Gasteiger partial charge in [0.2, 0.25) is 0 Å². The Labute approximate surface area is 164 Å². The first-order valence-electron chi connectivity index (χ1n) is 8.95. The van der Waals surface area contributed by atoms with Crippen LogP contribution in [-0.2, 0) is 16.1 Å². The van der Waals surface area contributed by atoms with Crippen LogP contribution in [0, 0.1) is 5.92 Å². The molecule has 0 aliphatic heterocycles. The van der Waals surface area contributed by atoms with E-state index >= 15 is 0 Å². The van der Waals surface area contributed by atoms with Crippen molar-refractivity contribution >= 4 is 17.9 Å². The lowest BCUT2D eigenvalue weighted by atomic mass is 10.2. The van der Waals surface area contributed by atoms with Crippen LogP contribution in [0.15, 0.2) is 54.6 Å². The first-order valence-corrected chi connectivity index (χ1v) is 8.95. The summed E-state index contributed by atoms with van der Waals surface area (Å²) in [5.74, 6) is -0.611. The van der Waals surface area contributed by atoms with E-state index in [0.717, 1.165) is 5.56 Å². The fraction of sp³-hybridized carbons (Fsp3) is 0.286. The van der Waals surface area contributed by atoms with Crippen molar-refractivity contribution in [1.82, 2.24) is 10.6 Å². The number of ether oxygens (including phenoxy) is 2. The molecule has 3 amide bonds. The number of imide groups is 1. The first kappa shape index (κ1) is 21.0. The minimum Gasteiger partial charge on any atom is -0.489 e. The van der Waals surface area contributed by atoms with Gasteiger partial charge in [0.15, 0.2) is 6.61 Å². The number of amides is 3. The molecule has 2 aromatic carbocycles. The van der Waals surface area contributed by atoms with Crippen molar-refractivity contribution in [2.45, 2.75) is 20.5 Å². The van der Waals surface area contributed by atoms with E-state index in [2.05, 4.69) is 10.6 Å². The molecule has 2 N–H and O–H groups in total. The number of benzene rings is 2. The molecule has 0 unspecified atom stereocenters. The van der Waals surface area contributed by atoms with Crippen molar-refractivity contribution in [3.63, 3.8) is 0 Å². The summed E-state index contributed by atoms with van der Waals surface area (Å²) in [4.78, 5) is 35.3. The third-order valence-electron chi connectivity index (χ3n) is 3.58. The van der Waals surface area contributed by atoms with Crippen molar-refractivity contribution < 1.29 is 23.9 Å². The third-order valence-corrected chi connectivity index (χ3v) is 3.58. The molecular formula is C21H24N2O5. The smallest absolute Gasteiger partial charge is 0.338 e. The topological polar surface area (TPSA) is 93.7 Å². The van der Waals surface area contributed by atoms with Gasteiger partial charge in [0.05, 0.1) is 5.56 Å². The lowest BCUT2D eigenvalue weighted by Crippen LogP contribution is -2.42. The minimum atomic E-state index is -0.703. The highest BCUT2D eigenvalue weighted by molar-refractivity contribution is 5.97. The van der Waals surface area contributed by atoms with Crippen LogP contribution in [0.25, 0.3) is 0 Å². The summed E-state index contributed by atoms with van der Waals surface area (Å²) in [7, 11) is 0. The molecule has 0 aliphatic rings. The Morgan fingerprint density at radius 3 is 2.46 bits per heavy atom. The average molecular weight is 384 g/mol. The standard InChI is InChI=1S/C21H24N2O5/c1-15(2)12-22-21(26)23-19(24)14-28-20(25)17-9-6-10-18(11-17)27-13-16-7-4-3-5-8-16/h3-11,15H,12-14H2,1-2H3,(H2,22,23,24,26). The summed E-state index contributed by atoms with van der Waals surface area (Å²) in [6, 6.07) is 15.5. The van der Waals surface area contributed by atoms with Crippen LogP contribution in [0.1, 0.15) is 29.8 Å². The number of esters is 1. The van der Waals surface area contributed by atoms with Crippen LogP contribution in [0.2, 0.25) is 0 Å². The first-order chi connectivity index (χ1) is 13.4. The van der Waals surface area contributed by atoms with Gasteiger partial charge in [0, 0.05) is 6.54 Å². The van der Waals surface area contributed by atoms with Crippen molar-refractivity contribution in [1.29, 1.82) is 0 Å². The summed E-state index contributed by atoms with van der Waals surface area (Å²) >= 11 is 0. The zero-order valence-electron chi connectivity index (χ0n) is 15.9. The van der Waals surface area contributed by atoms with Crippen LogP contribution in [-0.4, -0.2) is 31.1 Å². The van der Waals surface area contributed by atoms with E-state index < -0.39 is 24.5 Å². The molecule has 7 heteroatoms. The normalized spacial score (nSPS) is 10.2. The van der Waals surface area contributed by atoms with Crippen molar-refractivity contribution in [2.75, 3.05) is 13.2 Å². The number of nitrogens with one attached hydrogen (secondary N) is 2. The summed E-state index contributed by atoms with van der Waals surface area (Å²) < 4.78 is 10.6. The third kappa shape index (κ3) is 7.49. The van der Waals surface area contributed by atoms with Gasteiger partial charge in [-0.05, 0) is 29.7 Å². The fourth-order valence-corrected chi connectivity index (χ4v) is 2.17. The maximum atomic E-state index is 12.1. The second kappa shape index (κ2) is 10.7. The molecule has 7 nitrogen and oxygen atoms in total. The largest absolute Gasteiger partial charge is 0.489 e. The zero-order chi connectivity index (χ0) is 20.4. The molecule has 0 saturated heterocycles. The average Bonchev–Trinajstić information content (AvgIpc) is 2.70. The van der Waals surface area contributed by atoms with Crippen LogP contribution >= 0.6 is 0 Å². The van der Waals surface area contributed by atoms with E-state index in [0.29, 0.717) is 18.9 Å². The van der Waals surface area contributed by atoms with Gasteiger partial charge in [-0.25, -0.2) is 9.59 Å². The maximum absolute atomic E-state index is 12.1. The molecule has 0 bridgehead atoms. The Kier molecular flexibility index (Phi) is 8.02. The number of urea groups is 1. The van der Waals surface area contributed by atoms with E-state index in [4.69, 9.17) is 9.47 Å². The summed E-state index contributed by atoms with van der Waals surface area (Å²) in [6.45, 7) is 4.12. The van der Waals surface area contributed by atoms with Crippen molar-refractivity contribution in [3.05, 3.63) is 65.7 Å². The summed E-state index contributed by atoms with van der Waals surface area (Å²) in [5.41, 5.74) is 1.26. The Balaban J connectivity index is 1.80. The molecule has 0 radical (unpaired) electrons. The van der Waals surface area contributed by atoms with Gasteiger partial charge in [-0.3, -0.25) is 10.1 Å². The van der Waals surface area contributed by atoms with Gasteiger partial charge in [-0.15, -0.1) is 0 Å². The highest BCUT2D eigenvalue weighted by Gasteiger charge is 2.13. The van der Waals surface area contributed by atoms with E-state index in [1.807, 2.05) is 44.2 Å². The molecule has 148 valence electrons. The Bertz CT molecular complexity index is 805. The molecule has 0 aliphatic carbocycles. The van der Waals surface area contributed by atoms with Crippen molar-refractivity contribution in [2.24, 2.45) is 5.92 Å². The molecule has 0 atom stereocenters. The lowest BCUT2D eigenvalue weighted by Gasteiger charge is -2.10. The van der Waals surface area contributed by atoms with Gasteiger partial charge < -0.3 is 14.8 Å². The maximum Gasteiger partial charge on any atom is 0.338 e. The van der Waals surface area contributed by atoms with E-state index in [1.54, 1.807) is 24.3 Å². The van der Waals surface area contributed by atoms with Gasteiger partial charge in [-0.1, -0.05) is 50.2 Å². The quantitative estimate of drug-likeness (QED) is 0.683. The molecular weight excluding hydrogens is 360 g/mol. The molecule has 0 spiro atoms. The second-order valence-corrected chi connectivity index (χ2v) is 6.53. The molecule has 2 aromatic rings. The van der Waals surface area contributed by atoms with Crippen LogP contribution < -0.4 is 15.4 Å². The number of rotatable bonds is 8. The Morgan fingerprint density at radius 2 is 1.75 bits per heavy atom. The fourth-order valence-electron chi connectivity index (χ4n) is 2.17. The van der Waals surface area contributed by atoms with E-state index in [1.165, 1.54) is 0 Å². The molecule has 28 heavy (non-hydrogen) atoms. The number of hydrogen-bond donors (Lipinski definition) is 2. The minimum absolute atomic E-state index is 0.252. The van der Waals surface area contributed by atoms with Gasteiger partial charge in [0.1, 0.15) is 12.4 Å². The predicted octanol–water partition coefficient (Wildman–Crippen LogP) is 2.90. The van der Waals surface area contributed by atoms with E-state index in [9.17, 15) is 14.4 Å². The van der Waals surface area contributed by atoms with Gasteiger partial charge >= 0.3 is 12.0 Å². The monoisotopic (exact) mass is 384 g/mol. The SMILES string of the molecule is CC(C)CNC(=O)NC(=O)COC(=O)c1cccc(OCc2ccccc2)c1. The number of carbonyl (C=O) groups excluding carboxylic acids is 3. The Morgan fingerprint density at radius 1 is 1.00 bits per heavy atom. The molecule has 0 heterocycles. The highest BCUT2D eigenvalue weighted by Crippen LogP contribution is 2.16. The van der Waals surface area contributed by atoms with Crippen LogP contribution in [0.5, 0.6) is 5.75 Å². The van der Waals surface area contributed by atoms with Crippen LogP contribution in [0.3, 0.4) is 0 Å². The molecule has 0 saturated carbocycles. The molecule has 0 aromatic heterocycles. The highest BCUT2D eigenvalue weighted by atomic mass is 16.5. The second-order valence-electron chi connectivity index (χ2n) is 6.53. The predicted molar refractivity (Wildman–Crippen MR) is 104 cm³/mol. The number of carbonyl (C=O) groups is 3. The number of hydrogen-bond acceptors (Lipinski definition) is 5. The molecule has 0 fully saturated rings. The van der Waals surface area contributed by atoms with E-state index in [-0.39, 0.29) is 11.5 Å². The van der Waals surface area contributed by atoms with Crippen molar-refractivity contribution in [3.8, 4) is 5.75 Å². The molecule has 2 rings (SSSR count).